The molecule has 0 spiro atoms. The molecular formula is C15H15Cl2NO2S. The van der Waals surface area contributed by atoms with Crippen molar-refractivity contribution in [1.82, 2.24) is 4.98 Å². The molecule has 2 aromatic rings. The van der Waals surface area contributed by atoms with Gasteiger partial charge >= 0.3 is 5.97 Å². The van der Waals surface area contributed by atoms with Crippen molar-refractivity contribution in [1.29, 1.82) is 0 Å². The maximum absolute atomic E-state index is 11.8. The van der Waals surface area contributed by atoms with Crippen molar-refractivity contribution in [2.45, 2.75) is 33.3 Å². The van der Waals surface area contributed by atoms with Gasteiger partial charge in [0.25, 0.3) is 0 Å². The van der Waals surface area contributed by atoms with E-state index in [1.165, 1.54) is 0 Å². The lowest BCUT2D eigenvalue weighted by atomic mass is 10.1. The molecule has 3 nitrogen and oxygen atoms in total. The van der Waals surface area contributed by atoms with Crippen LogP contribution in [0.25, 0.3) is 0 Å². The number of ether oxygens (including phenoxy) is 1. The lowest BCUT2D eigenvalue weighted by molar-refractivity contribution is -0.144. The molecule has 0 aliphatic rings. The molecule has 1 heterocycles. The van der Waals surface area contributed by atoms with Gasteiger partial charge in [0.1, 0.15) is 6.61 Å². The molecule has 0 N–H and O–H groups in total. The highest BCUT2D eigenvalue weighted by Gasteiger charge is 2.11. The van der Waals surface area contributed by atoms with E-state index in [2.05, 4.69) is 4.98 Å². The number of carbonyl (C=O) groups excluding carboxylic acids is 1. The van der Waals surface area contributed by atoms with Crippen LogP contribution in [-0.4, -0.2) is 11.0 Å². The van der Waals surface area contributed by atoms with Crippen LogP contribution in [0.5, 0.6) is 0 Å². The van der Waals surface area contributed by atoms with Gasteiger partial charge in [-0.25, -0.2) is 4.98 Å². The molecule has 1 aromatic heterocycles. The fourth-order valence-electron chi connectivity index (χ4n) is 1.90. The van der Waals surface area contributed by atoms with Crippen LogP contribution in [0.15, 0.2) is 18.2 Å². The molecular weight excluding hydrogens is 329 g/mol. The smallest absolute Gasteiger partial charge is 0.306 e. The number of carbonyl (C=O) groups is 1. The van der Waals surface area contributed by atoms with Gasteiger partial charge in [0, 0.05) is 6.42 Å². The number of esters is 1. The average Bonchev–Trinajstić information content (AvgIpc) is 2.76. The van der Waals surface area contributed by atoms with Gasteiger partial charge < -0.3 is 4.74 Å². The molecule has 0 saturated heterocycles. The fourth-order valence-corrected chi connectivity index (χ4v) is 3.17. The third kappa shape index (κ3) is 4.43. The second-order valence-corrected chi connectivity index (χ2v) is 6.69. The van der Waals surface area contributed by atoms with E-state index in [9.17, 15) is 4.79 Å². The van der Waals surface area contributed by atoms with E-state index in [1.54, 1.807) is 17.4 Å². The summed E-state index contributed by atoms with van der Waals surface area (Å²) in [6, 6.07) is 5.40. The number of hydrogen-bond donors (Lipinski definition) is 0. The highest BCUT2D eigenvalue weighted by molar-refractivity contribution is 7.11. The summed E-state index contributed by atoms with van der Waals surface area (Å²) in [7, 11) is 0. The molecule has 6 heteroatoms. The molecule has 0 unspecified atom stereocenters. The van der Waals surface area contributed by atoms with Crippen LogP contribution < -0.4 is 0 Å². The number of nitrogens with zero attached hydrogens (tertiary/aromatic N) is 1. The van der Waals surface area contributed by atoms with E-state index in [4.69, 9.17) is 27.9 Å². The van der Waals surface area contributed by atoms with Crippen LogP contribution in [0.2, 0.25) is 10.0 Å². The Morgan fingerprint density at radius 3 is 2.76 bits per heavy atom. The van der Waals surface area contributed by atoms with Crippen LogP contribution in [0.3, 0.4) is 0 Å². The Morgan fingerprint density at radius 1 is 1.33 bits per heavy atom. The summed E-state index contributed by atoms with van der Waals surface area (Å²) < 4.78 is 5.27. The van der Waals surface area contributed by atoms with Gasteiger partial charge in [0.15, 0.2) is 0 Å². The van der Waals surface area contributed by atoms with Crippen molar-refractivity contribution in [3.63, 3.8) is 0 Å². The molecule has 0 aliphatic heterocycles. The first-order chi connectivity index (χ1) is 9.97. The largest absolute Gasteiger partial charge is 0.460 e. The van der Waals surface area contributed by atoms with Crippen LogP contribution in [0, 0.1) is 13.8 Å². The highest BCUT2D eigenvalue weighted by Crippen LogP contribution is 2.26. The first kappa shape index (κ1) is 16.3. The zero-order chi connectivity index (χ0) is 15.4. The molecule has 21 heavy (non-hydrogen) atoms. The summed E-state index contributed by atoms with van der Waals surface area (Å²) in [6.07, 6.45) is 0.788. The Kier molecular flexibility index (Phi) is 5.62. The van der Waals surface area contributed by atoms with Crippen molar-refractivity contribution >= 4 is 40.5 Å². The van der Waals surface area contributed by atoms with Crippen LogP contribution >= 0.6 is 34.5 Å². The number of hydrogen-bond acceptors (Lipinski definition) is 4. The van der Waals surface area contributed by atoms with Gasteiger partial charge in [-0.05, 0) is 31.9 Å². The minimum atomic E-state index is -0.253. The third-order valence-electron chi connectivity index (χ3n) is 2.99. The minimum Gasteiger partial charge on any atom is -0.460 e. The number of benzene rings is 1. The van der Waals surface area contributed by atoms with Gasteiger partial charge in [-0.2, -0.15) is 0 Å². The lowest BCUT2D eigenvalue weighted by Crippen LogP contribution is -2.06. The molecule has 2 rings (SSSR count). The maximum atomic E-state index is 11.8. The number of aryl methyl sites for hydroxylation is 3. The molecule has 1 aromatic carbocycles. The molecule has 0 aliphatic carbocycles. The van der Waals surface area contributed by atoms with Gasteiger partial charge in [-0.15, -0.1) is 11.3 Å². The number of halogens is 2. The minimum absolute atomic E-state index is 0.253. The summed E-state index contributed by atoms with van der Waals surface area (Å²) in [5.41, 5.74) is 1.77. The second-order valence-electron chi connectivity index (χ2n) is 4.62. The van der Waals surface area contributed by atoms with E-state index in [-0.39, 0.29) is 19.0 Å². The zero-order valence-corrected chi connectivity index (χ0v) is 14.1. The maximum Gasteiger partial charge on any atom is 0.306 e. The summed E-state index contributed by atoms with van der Waals surface area (Å²) in [4.78, 5) is 17.1. The van der Waals surface area contributed by atoms with E-state index >= 15 is 0 Å². The number of rotatable bonds is 5. The summed E-state index contributed by atoms with van der Waals surface area (Å²) >= 11 is 13.6. The fraction of sp³-hybridized carbons (Fsp3) is 0.333. The summed E-state index contributed by atoms with van der Waals surface area (Å²) in [6.45, 7) is 4.13. The SMILES string of the molecule is Cc1nc(C)c(COC(=O)CCc2cccc(Cl)c2Cl)s1. The Labute approximate surface area is 137 Å². The van der Waals surface area contributed by atoms with Crippen LogP contribution in [-0.2, 0) is 22.6 Å². The van der Waals surface area contributed by atoms with Gasteiger partial charge in [-0.3, -0.25) is 4.79 Å². The van der Waals surface area contributed by atoms with Crippen molar-refractivity contribution in [2.24, 2.45) is 0 Å². The predicted octanol–water partition coefficient (Wildman–Crippen LogP) is 4.74. The molecule has 0 saturated carbocycles. The summed E-state index contributed by atoms with van der Waals surface area (Å²) in [5.74, 6) is -0.253. The first-order valence-electron chi connectivity index (χ1n) is 6.49. The highest BCUT2D eigenvalue weighted by atomic mass is 35.5. The van der Waals surface area contributed by atoms with Gasteiger partial charge in [-0.1, -0.05) is 35.3 Å². The monoisotopic (exact) mass is 343 g/mol. The van der Waals surface area contributed by atoms with Crippen molar-refractivity contribution in [3.05, 3.63) is 49.4 Å². The summed E-state index contributed by atoms with van der Waals surface area (Å²) in [5, 5.41) is 1.98. The molecule has 0 radical (unpaired) electrons. The Balaban J connectivity index is 1.85. The molecule has 0 amide bonds. The van der Waals surface area contributed by atoms with E-state index in [0.717, 1.165) is 21.1 Å². The number of aromatic nitrogens is 1. The quantitative estimate of drug-likeness (QED) is 0.735. The molecule has 0 atom stereocenters. The van der Waals surface area contributed by atoms with Crippen molar-refractivity contribution in [2.75, 3.05) is 0 Å². The van der Waals surface area contributed by atoms with E-state index in [0.29, 0.717) is 16.5 Å². The zero-order valence-electron chi connectivity index (χ0n) is 11.8. The Bertz CT molecular complexity index is 655. The van der Waals surface area contributed by atoms with E-state index in [1.807, 2.05) is 26.0 Å². The van der Waals surface area contributed by atoms with Crippen molar-refractivity contribution < 1.29 is 9.53 Å². The third-order valence-corrected chi connectivity index (χ3v) is 4.90. The molecule has 0 fully saturated rings. The van der Waals surface area contributed by atoms with Crippen LogP contribution in [0.4, 0.5) is 0 Å². The standard InChI is InChI=1S/C15H15Cl2NO2S/c1-9-13(21-10(2)18-9)8-20-14(19)7-6-11-4-3-5-12(16)15(11)17/h3-5H,6-8H2,1-2H3. The normalized spacial score (nSPS) is 10.7. The topological polar surface area (TPSA) is 39.2 Å². The average molecular weight is 344 g/mol. The molecule has 112 valence electrons. The number of thiazole rings is 1. The Hall–Kier alpha value is -1.10. The second kappa shape index (κ2) is 7.25. The lowest BCUT2D eigenvalue weighted by Gasteiger charge is -2.06. The van der Waals surface area contributed by atoms with Gasteiger partial charge in [0.05, 0.1) is 25.6 Å². The van der Waals surface area contributed by atoms with Crippen LogP contribution in [0.1, 0.15) is 27.6 Å². The molecule has 0 bridgehead atoms. The predicted molar refractivity (Wildman–Crippen MR) is 86.2 cm³/mol. The Morgan fingerprint density at radius 2 is 2.10 bits per heavy atom. The first-order valence-corrected chi connectivity index (χ1v) is 8.06. The van der Waals surface area contributed by atoms with Gasteiger partial charge in [0.2, 0.25) is 0 Å². The van der Waals surface area contributed by atoms with Crippen molar-refractivity contribution in [3.8, 4) is 0 Å². The van der Waals surface area contributed by atoms with E-state index < -0.39 is 0 Å².